The Morgan fingerprint density at radius 2 is 2.14 bits per heavy atom. The Morgan fingerprint density at radius 1 is 1.29 bits per heavy atom. The van der Waals surface area contributed by atoms with E-state index in [0.717, 1.165) is 42.3 Å². The minimum Gasteiger partial charge on any atom is -0.339 e. The van der Waals surface area contributed by atoms with Crippen LogP contribution in [0.1, 0.15) is 39.0 Å². The largest absolute Gasteiger partial charge is 0.339 e. The van der Waals surface area contributed by atoms with Gasteiger partial charge in [0, 0.05) is 22.5 Å². The topological polar surface area (TPSA) is 51.0 Å². The van der Waals surface area contributed by atoms with E-state index in [0.29, 0.717) is 17.8 Å². The molecule has 2 rings (SSSR count). The molecule has 0 bridgehead atoms. The molecule has 0 spiro atoms. The van der Waals surface area contributed by atoms with Crippen LogP contribution in [0.5, 0.6) is 0 Å². The highest BCUT2D eigenvalue weighted by Gasteiger charge is 2.14. The third-order valence-corrected chi connectivity index (χ3v) is 3.79. The number of nitrogens with zero attached hydrogens (tertiary/aromatic N) is 2. The molecule has 0 saturated carbocycles. The monoisotopic (exact) mass is 351 g/mol. The maximum atomic E-state index is 5.40. The molecular weight excluding hydrogens is 330 g/mol. The number of rotatable bonds is 8. The van der Waals surface area contributed by atoms with E-state index in [4.69, 9.17) is 4.52 Å². The molecular formula is C16H22BrN3O. The van der Waals surface area contributed by atoms with Crippen molar-refractivity contribution >= 4 is 15.9 Å². The van der Waals surface area contributed by atoms with E-state index in [1.807, 2.05) is 24.3 Å². The van der Waals surface area contributed by atoms with Gasteiger partial charge >= 0.3 is 0 Å². The zero-order valence-corrected chi connectivity index (χ0v) is 14.2. The van der Waals surface area contributed by atoms with Gasteiger partial charge in [-0.3, -0.25) is 0 Å². The van der Waals surface area contributed by atoms with Crippen molar-refractivity contribution in [1.82, 2.24) is 15.5 Å². The summed E-state index contributed by atoms with van der Waals surface area (Å²) in [5.74, 6) is 1.35. The highest BCUT2D eigenvalue weighted by molar-refractivity contribution is 9.10. The summed E-state index contributed by atoms with van der Waals surface area (Å²) in [5, 5.41) is 7.63. The minimum atomic E-state index is 0.408. The molecule has 1 heterocycles. The van der Waals surface area contributed by atoms with Gasteiger partial charge in [-0.15, -0.1) is 0 Å². The van der Waals surface area contributed by atoms with Crippen LogP contribution < -0.4 is 5.32 Å². The van der Waals surface area contributed by atoms with E-state index in [1.165, 1.54) is 0 Å². The van der Waals surface area contributed by atoms with Crippen LogP contribution in [-0.4, -0.2) is 22.7 Å². The fourth-order valence-corrected chi connectivity index (χ4v) is 2.67. The minimum absolute atomic E-state index is 0.408. The van der Waals surface area contributed by atoms with Gasteiger partial charge in [0.2, 0.25) is 11.7 Å². The van der Waals surface area contributed by atoms with Crippen LogP contribution in [0.3, 0.4) is 0 Å². The predicted molar refractivity (Wildman–Crippen MR) is 88.1 cm³/mol. The van der Waals surface area contributed by atoms with Gasteiger partial charge in [0.1, 0.15) is 0 Å². The normalized spacial score (nSPS) is 12.5. The highest BCUT2D eigenvalue weighted by atomic mass is 79.9. The van der Waals surface area contributed by atoms with E-state index in [-0.39, 0.29) is 0 Å². The quantitative estimate of drug-likeness (QED) is 0.773. The molecule has 1 unspecified atom stereocenters. The fraction of sp³-hybridized carbons (Fsp3) is 0.500. The molecule has 0 aliphatic rings. The lowest BCUT2D eigenvalue weighted by molar-refractivity contribution is 0.350. The number of benzene rings is 1. The van der Waals surface area contributed by atoms with E-state index in [2.05, 4.69) is 45.2 Å². The average Bonchev–Trinajstić information content (AvgIpc) is 2.93. The first kappa shape index (κ1) is 16.2. The smallest absolute Gasteiger partial charge is 0.228 e. The first-order valence-corrected chi connectivity index (χ1v) is 8.34. The molecule has 0 fully saturated rings. The molecule has 0 aliphatic heterocycles. The van der Waals surface area contributed by atoms with Crippen molar-refractivity contribution in [3.63, 3.8) is 0 Å². The fourth-order valence-electron chi connectivity index (χ4n) is 2.27. The van der Waals surface area contributed by atoms with Crippen LogP contribution in [0.25, 0.3) is 11.4 Å². The second-order valence-electron chi connectivity index (χ2n) is 5.17. The lowest BCUT2D eigenvalue weighted by atomic mass is 10.1. The summed E-state index contributed by atoms with van der Waals surface area (Å²) in [5.41, 5.74) is 0.966. The molecule has 21 heavy (non-hydrogen) atoms. The van der Waals surface area contributed by atoms with Gasteiger partial charge < -0.3 is 9.84 Å². The Bertz CT molecular complexity index is 556. The summed E-state index contributed by atoms with van der Waals surface area (Å²) >= 11 is 3.46. The third kappa shape index (κ3) is 4.93. The van der Waals surface area contributed by atoms with Gasteiger partial charge in [0.15, 0.2) is 0 Å². The number of halogens is 1. The first-order valence-electron chi connectivity index (χ1n) is 7.54. The van der Waals surface area contributed by atoms with Crippen molar-refractivity contribution in [1.29, 1.82) is 0 Å². The van der Waals surface area contributed by atoms with Crippen LogP contribution >= 0.6 is 15.9 Å². The average molecular weight is 352 g/mol. The Labute approximate surface area is 134 Å². The number of hydrogen-bond donors (Lipinski definition) is 1. The van der Waals surface area contributed by atoms with E-state index in [9.17, 15) is 0 Å². The van der Waals surface area contributed by atoms with Gasteiger partial charge in [-0.2, -0.15) is 4.98 Å². The van der Waals surface area contributed by atoms with Crippen LogP contribution in [0, 0.1) is 0 Å². The maximum Gasteiger partial charge on any atom is 0.228 e. The van der Waals surface area contributed by atoms with E-state index < -0.39 is 0 Å². The molecule has 4 nitrogen and oxygen atoms in total. The van der Waals surface area contributed by atoms with E-state index in [1.54, 1.807) is 0 Å². The van der Waals surface area contributed by atoms with Crippen molar-refractivity contribution in [2.45, 2.75) is 45.6 Å². The molecule has 2 aromatic rings. The molecule has 1 N–H and O–H groups in total. The van der Waals surface area contributed by atoms with Crippen LogP contribution in [0.4, 0.5) is 0 Å². The van der Waals surface area contributed by atoms with Gasteiger partial charge in [-0.05, 0) is 31.5 Å². The van der Waals surface area contributed by atoms with Crippen molar-refractivity contribution in [3.05, 3.63) is 34.6 Å². The molecule has 0 saturated heterocycles. The Morgan fingerprint density at radius 3 is 2.86 bits per heavy atom. The zero-order chi connectivity index (χ0) is 15.1. The summed E-state index contributed by atoms with van der Waals surface area (Å²) < 4.78 is 6.41. The molecule has 114 valence electrons. The van der Waals surface area contributed by atoms with Gasteiger partial charge in [0.25, 0.3) is 0 Å². The van der Waals surface area contributed by atoms with Gasteiger partial charge in [0.05, 0.1) is 0 Å². The number of nitrogens with one attached hydrogen (secondary N) is 1. The summed E-state index contributed by atoms with van der Waals surface area (Å²) in [6, 6.07) is 8.34. The Kier molecular flexibility index (Phi) is 6.39. The molecule has 0 aliphatic carbocycles. The van der Waals surface area contributed by atoms with E-state index >= 15 is 0 Å². The van der Waals surface area contributed by atoms with Crippen molar-refractivity contribution in [3.8, 4) is 11.4 Å². The molecule has 1 aromatic carbocycles. The first-order chi connectivity index (χ1) is 10.2. The molecule has 1 atom stereocenters. The zero-order valence-electron chi connectivity index (χ0n) is 12.6. The SMILES string of the molecule is CCCNC(CCC)Cc1nc(-c2cccc(Br)c2)no1. The summed E-state index contributed by atoms with van der Waals surface area (Å²) in [4.78, 5) is 4.51. The highest BCUT2D eigenvalue weighted by Crippen LogP contribution is 2.20. The molecule has 1 aromatic heterocycles. The maximum absolute atomic E-state index is 5.40. The van der Waals surface area contributed by atoms with Gasteiger partial charge in [-0.25, -0.2) is 0 Å². The molecule has 5 heteroatoms. The van der Waals surface area contributed by atoms with Crippen molar-refractivity contribution in [2.75, 3.05) is 6.54 Å². The van der Waals surface area contributed by atoms with Gasteiger partial charge in [-0.1, -0.05) is 53.5 Å². The lowest BCUT2D eigenvalue weighted by Gasteiger charge is -2.15. The van der Waals surface area contributed by atoms with Crippen molar-refractivity contribution < 1.29 is 4.52 Å². The standard InChI is InChI=1S/C16H22BrN3O/c1-3-6-14(18-9-4-2)11-15-19-16(20-21-15)12-7-5-8-13(17)10-12/h5,7-8,10,14,18H,3-4,6,9,11H2,1-2H3. The van der Waals surface area contributed by atoms with Crippen LogP contribution in [-0.2, 0) is 6.42 Å². The predicted octanol–water partition coefficient (Wildman–Crippen LogP) is 4.21. The molecule has 0 radical (unpaired) electrons. The number of hydrogen-bond acceptors (Lipinski definition) is 4. The summed E-state index contributed by atoms with van der Waals surface area (Å²) in [7, 11) is 0. The summed E-state index contributed by atoms with van der Waals surface area (Å²) in [6.07, 6.45) is 4.19. The summed E-state index contributed by atoms with van der Waals surface area (Å²) in [6.45, 7) is 5.40. The Hall–Kier alpha value is -1.20. The lowest BCUT2D eigenvalue weighted by Crippen LogP contribution is -2.31. The third-order valence-electron chi connectivity index (χ3n) is 3.29. The number of aromatic nitrogens is 2. The second-order valence-corrected chi connectivity index (χ2v) is 6.08. The Balaban J connectivity index is 2.04. The van der Waals surface area contributed by atoms with Crippen LogP contribution in [0.15, 0.2) is 33.3 Å². The van der Waals surface area contributed by atoms with Crippen LogP contribution in [0.2, 0.25) is 0 Å². The second kappa shape index (κ2) is 8.29. The molecule has 0 amide bonds. The van der Waals surface area contributed by atoms with Crippen molar-refractivity contribution in [2.24, 2.45) is 0 Å².